The number of carbonyl (C=O) groups excluding carboxylic acids is 2. The third kappa shape index (κ3) is 3.22. The summed E-state index contributed by atoms with van der Waals surface area (Å²) in [6.45, 7) is 2.72. The van der Waals surface area contributed by atoms with E-state index in [0.29, 0.717) is 32.2 Å². The predicted molar refractivity (Wildman–Crippen MR) is 87.5 cm³/mol. The molecule has 8 heteroatoms. The zero-order valence-electron chi connectivity index (χ0n) is 14.3. The summed E-state index contributed by atoms with van der Waals surface area (Å²) in [4.78, 5) is 27.3. The largest absolute Gasteiger partial charge is 0.448 e. The Labute approximate surface area is 146 Å². The highest BCUT2D eigenvalue weighted by Crippen LogP contribution is 2.37. The topological polar surface area (TPSA) is 87.9 Å². The monoisotopic (exact) mass is 348 g/mol. The second-order valence-corrected chi connectivity index (χ2v) is 7.12. The quantitative estimate of drug-likeness (QED) is 0.873. The molecule has 4 rings (SSSR count). The molecule has 1 aromatic heterocycles. The molecule has 25 heavy (non-hydrogen) atoms. The van der Waals surface area contributed by atoms with Gasteiger partial charge in [0.1, 0.15) is 19.3 Å². The van der Waals surface area contributed by atoms with Crippen molar-refractivity contribution in [1.82, 2.24) is 19.6 Å². The van der Waals surface area contributed by atoms with Crippen LogP contribution in [0.1, 0.15) is 43.2 Å². The number of amides is 2. The summed E-state index contributed by atoms with van der Waals surface area (Å²) in [7, 11) is 0. The van der Waals surface area contributed by atoms with Crippen LogP contribution in [-0.4, -0.2) is 62.9 Å². The third-order valence-electron chi connectivity index (χ3n) is 5.46. The number of hydrogen-bond acceptors (Lipinski definition) is 5. The van der Waals surface area contributed by atoms with Crippen molar-refractivity contribution in [2.45, 2.75) is 44.9 Å². The molecule has 0 radical (unpaired) electrons. The molecule has 1 atom stereocenters. The number of hydrogen-bond donors (Lipinski definition) is 1. The zero-order chi connectivity index (χ0) is 17.4. The first kappa shape index (κ1) is 16.4. The van der Waals surface area contributed by atoms with Crippen molar-refractivity contribution in [1.29, 1.82) is 0 Å². The first-order valence-electron chi connectivity index (χ1n) is 9.06. The molecule has 3 aliphatic rings. The van der Waals surface area contributed by atoms with Gasteiger partial charge in [0.15, 0.2) is 0 Å². The van der Waals surface area contributed by atoms with Gasteiger partial charge in [-0.25, -0.2) is 4.79 Å². The second kappa shape index (κ2) is 6.67. The molecule has 136 valence electrons. The van der Waals surface area contributed by atoms with Crippen LogP contribution in [0.5, 0.6) is 0 Å². The molecule has 1 N–H and O–H groups in total. The molecule has 0 bridgehead atoms. The SMILES string of the molecule is O=C(CN1CCOC1=O)N1CCCn2nc(C(O)C3CCC3)cc2C1. The number of aromatic nitrogens is 2. The van der Waals surface area contributed by atoms with Gasteiger partial charge in [0.25, 0.3) is 0 Å². The van der Waals surface area contributed by atoms with Gasteiger partial charge in [-0.3, -0.25) is 14.4 Å². The Kier molecular flexibility index (Phi) is 4.37. The van der Waals surface area contributed by atoms with Crippen LogP contribution < -0.4 is 0 Å². The normalized spacial score (nSPS) is 22.2. The summed E-state index contributed by atoms with van der Waals surface area (Å²) >= 11 is 0. The highest BCUT2D eigenvalue weighted by molar-refractivity contribution is 5.82. The molecule has 3 heterocycles. The zero-order valence-corrected chi connectivity index (χ0v) is 14.3. The number of nitrogens with zero attached hydrogens (tertiary/aromatic N) is 4. The summed E-state index contributed by atoms with van der Waals surface area (Å²) in [6, 6.07) is 1.93. The Hall–Kier alpha value is -2.09. The maximum absolute atomic E-state index is 12.6. The lowest BCUT2D eigenvalue weighted by molar-refractivity contribution is -0.132. The van der Waals surface area contributed by atoms with E-state index in [0.717, 1.165) is 37.2 Å². The Morgan fingerprint density at radius 3 is 2.84 bits per heavy atom. The minimum atomic E-state index is -0.503. The van der Waals surface area contributed by atoms with Crippen LogP contribution in [0.2, 0.25) is 0 Å². The van der Waals surface area contributed by atoms with E-state index < -0.39 is 12.2 Å². The maximum atomic E-state index is 12.6. The highest BCUT2D eigenvalue weighted by Gasteiger charge is 2.31. The Morgan fingerprint density at radius 2 is 2.16 bits per heavy atom. The van der Waals surface area contributed by atoms with E-state index in [4.69, 9.17) is 4.74 Å². The molecule has 8 nitrogen and oxygen atoms in total. The predicted octanol–water partition coefficient (Wildman–Crippen LogP) is 0.901. The summed E-state index contributed by atoms with van der Waals surface area (Å²) in [5.41, 5.74) is 1.67. The molecule has 1 unspecified atom stereocenters. The van der Waals surface area contributed by atoms with Gasteiger partial charge in [-0.1, -0.05) is 6.42 Å². The van der Waals surface area contributed by atoms with Gasteiger partial charge in [-0.05, 0) is 31.2 Å². The van der Waals surface area contributed by atoms with Crippen LogP contribution in [0.4, 0.5) is 4.79 Å². The van der Waals surface area contributed by atoms with E-state index in [9.17, 15) is 14.7 Å². The van der Waals surface area contributed by atoms with Crippen molar-refractivity contribution in [2.75, 3.05) is 26.2 Å². The molecule has 1 aliphatic carbocycles. The Bertz CT molecular complexity index is 670. The molecule has 2 amide bonds. The first-order valence-corrected chi connectivity index (χ1v) is 9.06. The van der Waals surface area contributed by atoms with Crippen LogP contribution in [-0.2, 0) is 22.6 Å². The standard InChI is InChI=1S/C17H24N4O4/c22-15(11-20-7-8-25-17(20)24)19-5-2-6-21-13(10-19)9-14(18-21)16(23)12-3-1-4-12/h9,12,16,23H,1-8,10-11H2. The van der Waals surface area contributed by atoms with Crippen molar-refractivity contribution in [3.63, 3.8) is 0 Å². The van der Waals surface area contributed by atoms with E-state index >= 15 is 0 Å². The van der Waals surface area contributed by atoms with E-state index in [1.807, 2.05) is 10.7 Å². The minimum Gasteiger partial charge on any atom is -0.448 e. The fraction of sp³-hybridized carbons (Fsp3) is 0.706. The number of cyclic esters (lactones) is 1. The number of aryl methyl sites for hydroxylation is 1. The number of carbonyl (C=O) groups is 2. The van der Waals surface area contributed by atoms with Crippen LogP contribution in [0.25, 0.3) is 0 Å². The molecule has 1 saturated carbocycles. The van der Waals surface area contributed by atoms with Gasteiger partial charge in [-0.2, -0.15) is 5.10 Å². The molecule has 1 aromatic rings. The molecular formula is C17H24N4O4. The van der Waals surface area contributed by atoms with Gasteiger partial charge >= 0.3 is 6.09 Å². The van der Waals surface area contributed by atoms with E-state index in [1.165, 1.54) is 11.3 Å². The third-order valence-corrected chi connectivity index (χ3v) is 5.46. The first-order chi connectivity index (χ1) is 12.1. The van der Waals surface area contributed by atoms with Crippen LogP contribution >= 0.6 is 0 Å². The minimum absolute atomic E-state index is 0.0600. The lowest BCUT2D eigenvalue weighted by Crippen LogP contribution is -2.40. The van der Waals surface area contributed by atoms with Gasteiger partial charge in [0, 0.05) is 13.1 Å². The number of ether oxygens (including phenoxy) is 1. The van der Waals surface area contributed by atoms with Gasteiger partial charge < -0.3 is 14.7 Å². The molecule has 2 aliphatic heterocycles. The molecular weight excluding hydrogens is 324 g/mol. The second-order valence-electron chi connectivity index (χ2n) is 7.12. The number of aliphatic hydroxyl groups excluding tert-OH is 1. The number of rotatable bonds is 4. The van der Waals surface area contributed by atoms with E-state index in [1.54, 1.807) is 4.90 Å². The van der Waals surface area contributed by atoms with Gasteiger partial charge in [-0.15, -0.1) is 0 Å². The molecule has 0 aromatic carbocycles. The highest BCUT2D eigenvalue weighted by atomic mass is 16.6. The lowest BCUT2D eigenvalue weighted by atomic mass is 9.80. The number of aliphatic hydroxyl groups is 1. The van der Waals surface area contributed by atoms with Crippen molar-refractivity contribution >= 4 is 12.0 Å². The van der Waals surface area contributed by atoms with E-state index in [2.05, 4.69) is 5.10 Å². The van der Waals surface area contributed by atoms with Crippen LogP contribution in [0, 0.1) is 5.92 Å². The Balaban J connectivity index is 1.44. The fourth-order valence-electron chi connectivity index (χ4n) is 3.67. The van der Waals surface area contributed by atoms with Crippen LogP contribution in [0.15, 0.2) is 6.07 Å². The molecule has 0 spiro atoms. The maximum Gasteiger partial charge on any atom is 0.410 e. The lowest BCUT2D eigenvalue weighted by Gasteiger charge is -2.29. The number of fused-ring (bicyclic) bond motifs is 1. The molecule has 1 saturated heterocycles. The Morgan fingerprint density at radius 1 is 1.32 bits per heavy atom. The fourth-order valence-corrected chi connectivity index (χ4v) is 3.67. The summed E-state index contributed by atoms with van der Waals surface area (Å²) < 4.78 is 6.79. The van der Waals surface area contributed by atoms with Crippen molar-refractivity contribution in [3.05, 3.63) is 17.5 Å². The summed E-state index contributed by atoms with van der Waals surface area (Å²) in [6.07, 6.45) is 3.18. The van der Waals surface area contributed by atoms with E-state index in [-0.39, 0.29) is 12.5 Å². The summed E-state index contributed by atoms with van der Waals surface area (Å²) in [5, 5.41) is 15.0. The smallest absolute Gasteiger partial charge is 0.410 e. The average Bonchev–Trinajstić information content (AvgIpc) is 3.06. The van der Waals surface area contributed by atoms with Gasteiger partial charge in [0.2, 0.25) is 5.91 Å². The van der Waals surface area contributed by atoms with Crippen LogP contribution in [0.3, 0.4) is 0 Å². The van der Waals surface area contributed by atoms with Crippen molar-refractivity contribution < 1.29 is 19.4 Å². The van der Waals surface area contributed by atoms with Crippen molar-refractivity contribution in [3.8, 4) is 0 Å². The molecule has 2 fully saturated rings. The summed E-state index contributed by atoms with van der Waals surface area (Å²) in [5.74, 6) is 0.243. The van der Waals surface area contributed by atoms with Crippen molar-refractivity contribution in [2.24, 2.45) is 5.92 Å². The average molecular weight is 348 g/mol. The van der Waals surface area contributed by atoms with Gasteiger partial charge in [0.05, 0.1) is 24.5 Å².